The Bertz CT molecular complexity index is 476. The van der Waals surface area contributed by atoms with Crippen LogP contribution in [0.2, 0.25) is 0 Å². The molecule has 1 aromatic heterocycles. The summed E-state index contributed by atoms with van der Waals surface area (Å²) in [7, 11) is 0. The molecule has 16 heavy (non-hydrogen) atoms. The van der Waals surface area contributed by atoms with Crippen molar-refractivity contribution in [3.8, 4) is 0 Å². The number of rotatable bonds is 2. The van der Waals surface area contributed by atoms with E-state index in [1.54, 1.807) is 18.2 Å². The highest BCUT2D eigenvalue weighted by molar-refractivity contribution is 5.56. The van der Waals surface area contributed by atoms with Gasteiger partial charge in [-0.15, -0.1) is 0 Å². The van der Waals surface area contributed by atoms with Gasteiger partial charge in [-0.1, -0.05) is 0 Å². The average Bonchev–Trinajstić information content (AvgIpc) is 2.20. The SMILES string of the molecule is Cc1cc(Nc2ccc(F)cc2)nc(N)n1. The molecule has 0 spiro atoms. The van der Waals surface area contributed by atoms with Crippen molar-refractivity contribution in [1.29, 1.82) is 0 Å². The van der Waals surface area contributed by atoms with E-state index in [0.29, 0.717) is 5.82 Å². The summed E-state index contributed by atoms with van der Waals surface area (Å²) in [5.74, 6) is 0.533. The summed E-state index contributed by atoms with van der Waals surface area (Å²) in [5.41, 5.74) is 7.04. The fourth-order valence-corrected chi connectivity index (χ4v) is 1.34. The van der Waals surface area contributed by atoms with Crippen LogP contribution in [0, 0.1) is 12.7 Å². The Morgan fingerprint density at radius 2 is 1.88 bits per heavy atom. The van der Waals surface area contributed by atoms with E-state index in [1.807, 2.05) is 6.92 Å². The molecule has 0 atom stereocenters. The molecule has 2 rings (SSSR count). The van der Waals surface area contributed by atoms with Crippen LogP contribution in [0.5, 0.6) is 0 Å². The summed E-state index contributed by atoms with van der Waals surface area (Å²) in [4.78, 5) is 7.97. The van der Waals surface area contributed by atoms with Crippen LogP contribution in [0.3, 0.4) is 0 Å². The molecule has 0 unspecified atom stereocenters. The van der Waals surface area contributed by atoms with Gasteiger partial charge in [0.05, 0.1) is 0 Å². The number of nitrogens with two attached hydrogens (primary N) is 1. The smallest absolute Gasteiger partial charge is 0.222 e. The number of aryl methyl sites for hydroxylation is 1. The van der Waals surface area contributed by atoms with Crippen molar-refractivity contribution in [1.82, 2.24) is 9.97 Å². The number of hydrogen-bond acceptors (Lipinski definition) is 4. The quantitative estimate of drug-likeness (QED) is 0.811. The first-order valence-corrected chi connectivity index (χ1v) is 4.77. The Kier molecular flexibility index (Phi) is 2.68. The Morgan fingerprint density at radius 1 is 1.19 bits per heavy atom. The molecule has 0 bridgehead atoms. The van der Waals surface area contributed by atoms with Crippen molar-refractivity contribution in [2.24, 2.45) is 0 Å². The van der Waals surface area contributed by atoms with Crippen LogP contribution in [-0.2, 0) is 0 Å². The van der Waals surface area contributed by atoms with Gasteiger partial charge in [-0.05, 0) is 31.2 Å². The van der Waals surface area contributed by atoms with Crippen LogP contribution in [-0.4, -0.2) is 9.97 Å². The minimum atomic E-state index is -0.274. The number of anilines is 3. The second-order valence-electron chi connectivity index (χ2n) is 3.38. The number of benzene rings is 1. The third-order valence-corrected chi connectivity index (χ3v) is 1.99. The van der Waals surface area contributed by atoms with Crippen molar-refractivity contribution in [3.63, 3.8) is 0 Å². The topological polar surface area (TPSA) is 63.8 Å². The number of aromatic nitrogens is 2. The van der Waals surface area contributed by atoms with Crippen molar-refractivity contribution >= 4 is 17.5 Å². The molecule has 0 saturated carbocycles. The van der Waals surface area contributed by atoms with Gasteiger partial charge in [-0.25, -0.2) is 9.37 Å². The largest absolute Gasteiger partial charge is 0.368 e. The van der Waals surface area contributed by atoms with Crippen LogP contribution in [0.1, 0.15) is 5.69 Å². The number of nitrogen functional groups attached to an aromatic ring is 1. The maximum Gasteiger partial charge on any atom is 0.222 e. The van der Waals surface area contributed by atoms with Gasteiger partial charge in [0.1, 0.15) is 11.6 Å². The van der Waals surface area contributed by atoms with Crippen LogP contribution >= 0.6 is 0 Å². The van der Waals surface area contributed by atoms with E-state index in [4.69, 9.17) is 5.73 Å². The Balaban J connectivity index is 2.23. The molecular weight excluding hydrogens is 207 g/mol. The average molecular weight is 218 g/mol. The van der Waals surface area contributed by atoms with E-state index in [-0.39, 0.29) is 11.8 Å². The second-order valence-corrected chi connectivity index (χ2v) is 3.38. The molecule has 1 heterocycles. The lowest BCUT2D eigenvalue weighted by Gasteiger charge is -2.06. The zero-order chi connectivity index (χ0) is 11.5. The molecule has 1 aromatic carbocycles. The van der Waals surface area contributed by atoms with E-state index in [0.717, 1.165) is 11.4 Å². The highest BCUT2D eigenvalue weighted by Gasteiger charge is 2.00. The normalized spacial score (nSPS) is 10.1. The van der Waals surface area contributed by atoms with E-state index in [2.05, 4.69) is 15.3 Å². The van der Waals surface area contributed by atoms with Crippen LogP contribution in [0.15, 0.2) is 30.3 Å². The summed E-state index contributed by atoms with van der Waals surface area (Å²) in [6, 6.07) is 7.77. The number of hydrogen-bond donors (Lipinski definition) is 2. The maximum atomic E-state index is 12.7. The maximum absolute atomic E-state index is 12.7. The first-order chi connectivity index (χ1) is 7.63. The predicted octanol–water partition coefficient (Wildman–Crippen LogP) is 2.25. The fourth-order valence-electron chi connectivity index (χ4n) is 1.34. The van der Waals surface area contributed by atoms with Gasteiger partial charge in [0, 0.05) is 17.4 Å². The summed E-state index contributed by atoms with van der Waals surface area (Å²) in [6.07, 6.45) is 0. The van der Waals surface area contributed by atoms with Gasteiger partial charge in [-0.3, -0.25) is 0 Å². The van der Waals surface area contributed by atoms with E-state index in [9.17, 15) is 4.39 Å². The molecule has 3 N–H and O–H groups in total. The Labute approximate surface area is 92.3 Å². The minimum absolute atomic E-state index is 0.213. The van der Waals surface area contributed by atoms with E-state index < -0.39 is 0 Å². The standard InChI is InChI=1S/C11H11FN4/c1-7-6-10(16-11(13)14-7)15-9-4-2-8(12)3-5-9/h2-6H,1H3,(H3,13,14,15,16). The lowest BCUT2D eigenvalue weighted by molar-refractivity contribution is 0.628. The molecule has 2 aromatic rings. The zero-order valence-electron chi connectivity index (χ0n) is 8.74. The number of nitrogens with one attached hydrogen (secondary N) is 1. The number of halogens is 1. The highest BCUT2D eigenvalue weighted by Crippen LogP contribution is 2.15. The van der Waals surface area contributed by atoms with Crippen molar-refractivity contribution in [2.75, 3.05) is 11.1 Å². The van der Waals surface area contributed by atoms with Gasteiger partial charge < -0.3 is 11.1 Å². The minimum Gasteiger partial charge on any atom is -0.368 e. The summed E-state index contributed by atoms with van der Waals surface area (Å²) >= 11 is 0. The molecule has 0 aliphatic heterocycles. The molecule has 0 amide bonds. The van der Waals surface area contributed by atoms with Crippen LogP contribution in [0.25, 0.3) is 0 Å². The van der Waals surface area contributed by atoms with Crippen molar-refractivity contribution < 1.29 is 4.39 Å². The third-order valence-electron chi connectivity index (χ3n) is 1.99. The predicted molar refractivity (Wildman–Crippen MR) is 60.9 cm³/mol. The van der Waals surface area contributed by atoms with E-state index >= 15 is 0 Å². The second kappa shape index (κ2) is 4.14. The van der Waals surface area contributed by atoms with Gasteiger partial charge in [0.2, 0.25) is 5.95 Å². The monoisotopic (exact) mass is 218 g/mol. The molecule has 0 aliphatic carbocycles. The van der Waals surface area contributed by atoms with Gasteiger partial charge in [0.25, 0.3) is 0 Å². The van der Waals surface area contributed by atoms with Gasteiger partial charge in [-0.2, -0.15) is 4.98 Å². The summed E-state index contributed by atoms with van der Waals surface area (Å²) in [6.45, 7) is 1.83. The third kappa shape index (κ3) is 2.44. The van der Waals surface area contributed by atoms with Crippen molar-refractivity contribution in [2.45, 2.75) is 6.92 Å². The lowest BCUT2D eigenvalue weighted by atomic mass is 10.3. The lowest BCUT2D eigenvalue weighted by Crippen LogP contribution is -2.01. The molecular formula is C11H11FN4. The molecule has 0 fully saturated rings. The Hall–Kier alpha value is -2.17. The van der Waals surface area contributed by atoms with Gasteiger partial charge in [0.15, 0.2) is 0 Å². The Morgan fingerprint density at radius 3 is 2.50 bits per heavy atom. The summed E-state index contributed by atoms with van der Waals surface area (Å²) in [5, 5.41) is 3.02. The zero-order valence-corrected chi connectivity index (χ0v) is 8.74. The van der Waals surface area contributed by atoms with Crippen LogP contribution in [0.4, 0.5) is 21.8 Å². The van der Waals surface area contributed by atoms with Crippen LogP contribution < -0.4 is 11.1 Å². The highest BCUT2D eigenvalue weighted by atomic mass is 19.1. The van der Waals surface area contributed by atoms with Gasteiger partial charge >= 0.3 is 0 Å². The first-order valence-electron chi connectivity index (χ1n) is 4.77. The molecule has 0 aliphatic rings. The molecule has 0 saturated heterocycles. The molecule has 4 nitrogen and oxygen atoms in total. The summed E-state index contributed by atoms with van der Waals surface area (Å²) < 4.78 is 12.7. The molecule has 82 valence electrons. The number of nitrogens with zero attached hydrogens (tertiary/aromatic N) is 2. The molecule has 0 radical (unpaired) electrons. The van der Waals surface area contributed by atoms with Crippen molar-refractivity contribution in [3.05, 3.63) is 41.8 Å². The fraction of sp³-hybridized carbons (Fsp3) is 0.0909. The molecule has 5 heteroatoms. The van der Waals surface area contributed by atoms with E-state index in [1.165, 1.54) is 12.1 Å². The first kappa shape index (κ1) is 10.4.